The maximum Gasteiger partial charge on any atom is 0.339 e. The van der Waals surface area contributed by atoms with Crippen LogP contribution in [0.5, 0.6) is 11.5 Å². The Kier molecular flexibility index (Phi) is 2.45. The molecule has 6 nitrogen and oxygen atoms in total. The van der Waals surface area contributed by atoms with E-state index in [1.54, 1.807) is 36.9 Å². The van der Waals surface area contributed by atoms with Crippen molar-refractivity contribution < 1.29 is 19.4 Å². The van der Waals surface area contributed by atoms with E-state index >= 15 is 0 Å². The highest BCUT2D eigenvalue weighted by molar-refractivity contribution is 5.96. The van der Waals surface area contributed by atoms with E-state index in [2.05, 4.69) is 5.10 Å². The summed E-state index contributed by atoms with van der Waals surface area (Å²) < 4.78 is 12.1. The highest BCUT2D eigenvalue weighted by Gasteiger charge is 2.23. The number of hydrogen-bond acceptors (Lipinski definition) is 4. The first-order valence-corrected chi connectivity index (χ1v) is 5.75. The molecule has 2 heterocycles. The Morgan fingerprint density at radius 3 is 2.84 bits per heavy atom. The van der Waals surface area contributed by atoms with Crippen LogP contribution in [0, 0.1) is 6.92 Å². The Balaban J connectivity index is 2.19. The van der Waals surface area contributed by atoms with Gasteiger partial charge in [0.2, 0.25) is 6.79 Å². The number of benzene rings is 1. The minimum atomic E-state index is -0.988. The maximum atomic E-state index is 11.4. The third kappa shape index (κ3) is 1.72. The van der Waals surface area contributed by atoms with Gasteiger partial charge in [0.05, 0.1) is 11.4 Å². The smallest absolute Gasteiger partial charge is 0.339 e. The number of rotatable bonds is 2. The number of carboxylic acids is 1. The highest BCUT2D eigenvalue weighted by atomic mass is 16.7. The molecule has 2 aromatic rings. The van der Waals surface area contributed by atoms with Gasteiger partial charge in [-0.05, 0) is 25.1 Å². The van der Waals surface area contributed by atoms with Gasteiger partial charge in [-0.15, -0.1) is 0 Å². The molecule has 6 heteroatoms. The number of hydrogen-bond donors (Lipinski definition) is 1. The zero-order valence-electron chi connectivity index (χ0n) is 10.5. The first kappa shape index (κ1) is 11.6. The molecular formula is C13H12N2O4. The van der Waals surface area contributed by atoms with E-state index in [1.807, 2.05) is 0 Å². The van der Waals surface area contributed by atoms with Crippen LogP contribution in [-0.2, 0) is 7.05 Å². The lowest BCUT2D eigenvalue weighted by Gasteiger charge is -2.05. The largest absolute Gasteiger partial charge is 0.478 e. The van der Waals surface area contributed by atoms with Crippen molar-refractivity contribution in [3.8, 4) is 22.8 Å². The van der Waals surface area contributed by atoms with Gasteiger partial charge in [0.25, 0.3) is 0 Å². The second-order valence-corrected chi connectivity index (χ2v) is 4.31. The van der Waals surface area contributed by atoms with E-state index < -0.39 is 5.97 Å². The van der Waals surface area contributed by atoms with E-state index in [0.29, 0.717) is 22.9 Å². The van der Waals surface area contributed by atoms with E-state index in [-0.39, 0.29) is 12.4 Å². The Bertz CT molecular complexity index is 676. The molecule has 3 rings (SSSR count). The van der Waals surface area contributed by atoms with Gasteiger partial charge >= 0.3 is 5.97 Å². The van der Waals surface area contributed by atoms with E-state index in [9.17, 15) is 9.90 Å². The lowest BCUT2D eigenvalue weighted by Crippen LogP contribution is -2.01. The van der Waals surface area contributed by atoms with Crippen molar-refractivity contribution in [1.82, 2.24) is 9.78 Å². The van der Waals surface area contributed by atoms with E-state index in [1.165, 1.54) is 0 Å². The number of carbonyl (C=O) groups is 1. The lowest BCUT2D eigenvalue weighted by atomic mass is 10.1. The van der Waals surface area contributed by atoms with Crippen LogP contribution >= 0.6 is 0 Å². The summed E-state index contributed by atoms with van der Waals surface area (Å²) in [5.41, 5.74) is 2.00. The van der Waals surface area contributed by atoms with Gasteiger partial charge in [0.15, 0.2) is 11.5 Å². The van der Waals surface area contributed by atoms with Crippen LogP contribution in [0.3, 0.4) is 0 Å². The fraction of sp³-hybridized carbons (Fsp3) is 0.231. The molecule has 0 atom stereocenters. The van der Waals surface area contributed by atoms with Crippen LogP contribution in [0.4, 0.5) is 0 Å². The molecule has 1 aromatic heterocycles. The fourth-order valence-corrected chi connectivity index (χ4v) is 2.29. The molecule has 0 saturated carbocycles. The second kappa shape index (κ2) is 4.01. The van der Waals surface area contributed by atoms with Gasteiger partial charge in [-0.2, -0.15) is 5.10 Å². The van der Waals surface area contributed by atoms with E-state index in [0.717, 1.165) is 5.56 Å². The van der Waals surface area contributed by atoms with Crippen molar-refractivity contribution in [3.63, 3.8) is 0 Å². The van der Waals surface area contributed by atoms with Gasteiger partial charge in [-0.1, -0.05) is 0 Å². The second-order valence-electron chi connectivity index (χ2n) is 4.31. The summed E-state index contributed by atoms with van der Waals surface area (Å²) >= 11 is 0. The molecule has 19 heavy (non-hydrogen) atoms. The predicted molar refractivity (Wildman–Crippen MR) is 66.5 cm³/mol. The quantitative estimate of drug-likeness (QED) is 0.891. The molecule has 1 aliphatic heterocycles. The molecule has 0 aliphatic carbocycles. The first-order valence-electron chi connectivity index (χ1n) is 5.75. The molecule has 0 saturated heterocycles. The molecule has 1 N–H and O–H groups in total. The van der Waals surface area contributed by atoms with Crippen LogP contribution in [0.15, 0.2) is 18.2 Å². The van der Waals surface area contributed by atoms with Gasteiger partial charge in [-0.3, -0.25) is 4.68 Å². The van der Waals surface area contributed by atoms with Gasteiger partial charge in [-0.25, -0.2) is 4.79 Å². The van der Waals surface area contributed by atoms with Crippen molar-refractivity contribution >= 4 is 5.97 Å². The minimum Gasteiger partial charge on any atom is -0.478 e. The van der Waals surface area contributed by atoms with Crippen LogP contribution < -0.4 is 9.47 Å². The van der Waals surface area contributed by atoms with Crippen LogP contribution in [0.1, 0.15) is 16.1 Å². The SMILES string of the molecule is Cc1nn(C)c(-c2ccc3c(c2)OCO3)c1C(=O)O. The molecule has 1 aromatic carbocycles. The summed E-state index contributed by atoms with van der Waals surface area (Å²) in [5, 5.41) is 13.5. The highest BCUT2D eigenvalue weighted by Crippen LogP contribution is 2.37. The third-order valence-corrected chi connectivity index (χ3v) is 3.08. The average Bonchev–Trinajstić information content (AvgIpc) is 2.91. The minimum absolute atomic E-state index is 0.189. The molecule has 0 bridgehead atoms. The number of aromatic carboxylic acids is 1. The number of aromatic nitrogens is 2. The zero-order valence-corrected chi connectivity index (χ0v) is 10.5. The number of carboxylic acid groups (broad SMARTS) is 1. The van der Waals surface area contributed by atoms with Gasteiger partial charge in [0, 0.05) is 12.6 Å². The summed E-state index contributed by atoms with van der Waals surface area (Å²) in [6.07, 6.45) is 0. The monoisotopic (exact) mass is 260 g/mol. The third-order valence-electron chi connectivity index (χ3n) is 3.08. The van der Waals surface area contributed by atoms with E-state index in [4.69, 9.17) is 9.47 Å². The summed E-state index contributed by atoms with van der Waals surface area (Å²) in [5.74, 6) is 0.297. The first-order chi connectivity index (χ1) is 9.08. The standard InChI is InChI=1S/C13H12N2O4/c1-7-11(13(16)17)12(15(2)14-7)8-3-4-9-10(5-8)19-6-18-9/h3-5H,6H2,1-2H3,(H,16,17). The summed E-state index contributed by atoms with van der Waals surface area (Å²) in [6.45, 7) is 1.87. The number of fused-ring (bicyclic) bond motifs is 1. The summed E-state index contributed by atoms with van der Waals surface area (Å²) in [4.78, 5) is 11.4. The van der Waals surface area contributed by atoms with Crippen LogP contribution in [0.25, 0.3) is 11.3 Å². The molecule has 98 valence electrons. The Hall–Kier alpha value is -2.50. The number of nitrogens with zero attached hydrogens (tertiary/aromatic N) is 2. The Morgan fingerprint density at radius 2 is 2.11 bits per heavy atom. The summed E-state index contributed by atoms with van der Waals surface area (Å²) in [6, 6.07) is 5.34. The normalized spacial score (nSPS) is 12.7. The van der Waals surface area contributed by atoms with Gasteiger partial charge in [0.1, 0.15) is 5.56 Å². The Morgan fingerprint density at radius 1 is 1.37 bits per heavy atom. The fourth-order valence-electron chi connectivity index (χ4n) is 2.29. The summed E-state index contributed by atoms with van der Waals surface area (Å²) in [7, 11) is 1.72. The zero-order chi connectivity index (χ0) is 13.6. The molecule has 0 fully saturated rings. The maximum absolute atomic E-state index is 11.4. The molecule has 1 aliphatic rings. The molecule has 0 radical (unpaired) electrons. The number of ether oxygens (including phenoxy) is 2. The van der Waals surface area contributed by atoms with Gasteiger partial charge < -0.3 is 14.6 Å². The van der Waals surface area contributed by atoms with Crippen molar-refractivity contribution in [1.29, 1.82) is 0 Å². The predicted octanol–water partition coefficient (Wildman–Crippen LogP) is 1.82. The molecule has 0 amide bonds. The molecule has 0 unspecified atom stereocenters. The lowest BCUT2D eigenvalue weighted by molar-refractivity contribution is 0.0697. The van der Waals surface area contributed by atoms with Crippen LogP contribution in [-0.4, -0.2) is 27.6 Å². The van der Waals surface area contributed by atoms with Crippen LogP contribution in [0.2, 0.25) is 0 Å². The molecule has 0 spiro atoms. The topological polar surface area (TPSA) is 73.6 Å². The average molecular weight is 260 g/mol. The number of aryl methyl sites for hydroxylation is 2. The Labute approximate surface area is 109 Å². The molecular weight excluding hydrogens is 248 g/mol. The van der Waals surface area contributed by atoms with Crippen molar-refractivity contribution in [2.45, 2.75) is 6.92 Å². The van der Waals surface area contributed by atoms with Crippen molar-refractivity contribution in [2.75, 3.05) is 6.79 Å². The van der Waals surface area contributed by atoms with Crippen molar-refractivity contribution in [2.24, 2.45) is 7.05 Å². The van der Waals surface area contributed by atoms with Crippen molar-refractivity contribution in [3.05, 3.63) is 29.5 Å².